The molecule has 0 unspecified atom stereocenters. The first-order valence-electron chi connectivity index (χ1n) is 6.84. The van der Waals surface area contributed by atoms with Gasteiger partial charge in [-0.15, -0.1) is 0 Å². The van der Waals surface area contributed by atoms with Crippen molar-refractivity contribution in [1.82, 2.24) is 9.62 Å². The second-order valence-corrected chi connectivity index (χ2v) is 7.38. The summed E-state index contributed by atoms with van der Waals surface area (Å²) in [7, 11) is -3.06. The number of nitrogens with zero attached hydrogens (tertiary/aromatic N) is 1. The van der Waals surface area contributed by atoms with Crippen LogP contribution in [0.5, 0.6) is 5.75 Å². The molecule has 2 rings (SSSR count). The zero-order valence-corrected chi connectivity index (χ0v) is 12.8. The smallest absolute Gasteiger partial charge is 0.211 e. The van der Waals surface area contributed by atoms with Gasteiger partial charge in [-0.25, -0.2) is 12.7 Å². The summed E-state index contributed by atoms with van der Waals surface area (Å²) in [4.78, 5) is 0. The quantitative estimate of drug-likeness (QED) is 0.877. The van der Waals surface area contributed by atoms with E-state index in [0.717, 1.165) is 24.0 Å². The number of piperidine rings is 1. The molecule has 1 saturated heterocycles. The standard InChI is InChI=1S/C14H22N2O3S/c1-11-4-3-5-12(14(11)17)10-15-13-6-8-16(9-7-13)20(2,18)19/h3-5,13,15,17H,6-10H2,1-2H3. The molecule has 0 aromatic heterocycles. The van der Waals surface area contributed by atoms with E-state index in [1.165, 1.54) is 10.6 Å². The summed E-state index contributed by atoms with van der Waals surface area (Å²) in [5, 5.41) is 13.3. The van der Waals surface area contributed by atoms with E-state index in [0.29, 0.717) is 31.4 Å². The van der Waals surface area contributed by atoms with E-state index in [1.54, 1.807) is 0 Å². The summed E-state index contributed by atoms with van der Waals surface area (Å²) in [6.07, 6.45) is 2.87. The minimum Gasteiger partial charge on any atom is -0.507 e. The predicted molar refractivity (Wildman–Crippen MR) is 79.1 cm³/mol. The van der Waals surface area contributed by atoms with Crippen LogP contribution in [0.4, 0.5) is 0 Å². The highest BCUT2D eigenvalue weighted by molar-refractivity contribution is 7.88. The number of hydrogen-bond donors (Lipinski definition) is 2. The van der Waals surface area contributed by atoms with Gasteiger partial charge in [-0.2, -0.15) is 0 Å². The van der Waals surface area contributed by atoms with E-state index < -0.39 is 10.0 Å². The largest absolute Gasteiger partial charge is 0.507 e. The van der Waals surface area contributed by atoms with Crippen LogP contribution in [0.1, 0.15) is 24.0 Å². The Morgan fingerprint density at radius 1 is 1.35 bits per heavy atom. The zero-order valence-electron chi connectivity index (χ0n) is 12.0. The van der Waals surface area contributed by atoms with E-state index in [-0.39, 0.29) is 0 Å². The van der Waals surface area contributed by atoms with Crippen molar-refractivity contribution in [1.29, 1.82) is 0 Å². The number of phenols is 1. The molecule has 1 aliphatic heterocycles. The van der Waals surface area contributed by atoms with Gasteiger partial charge < -0.3 is 10.4 Å². The lowest BCUT2D eigenvalue weighted by molar-refractivity contribution is 0.289. The average molecular weight is 298 g/mol. The Morgan fingerprint density at radius 2 is 2.00 bits per heavy atom. The minimum atomic E-state index is -3.06. The average Bonchev–Trinajstić information content (AvgIpc) is 2.40. The molecule has 1 aromatic rings. The Labute approximate surface area is 120 Å². The summed E-state index contributed by atoms with van der Waals surface area (Å²) >= 11 is 0. The molecule has 0 radical (unpaired) electrons. The molecule has 112 valence electrons. The fourth-order valence-corrected chi connectivity index (χ4v) is 3.38. The van der Waals surface area contributed by atoms with Crippen LogP contribution in [-0.2, 0) is 16.6 Å². The van der Waals surface area contributed by atoms with Crippen molar-refractivity contribution in [2.24, 2.45) is 0 Å². The molecule has 0 amide bonds. The number of nitrogens with one attached hydrogen (secondary N) is 1. The Kier molecular flexibility index (Phi) is 4.67. The normalized spacial score (nSPS) is 18.3. The SMILES string of the molecule is Cc1cccc(CNC2CCN(S(C)(=O)=O)CC2)c1O. The van der Waals surface area contributed by atoms with Gasteiger partial charge in [0.25, 0.3) is 0 Å². The van der Waals surface area contributed by atoms with Crippen molar-refractivity contribution >= 4 is 10.0 Å². The molecular formula is C14H22N2O3S. The molecule has 1 aromatic carbocycles. The molecule has 6 heteroatoms. The first-order valence-corrected chi connectivity index (χ1v) is 8.68. The maximum Gasteiger partial charge on any atom is 0.211 e. The number of benzene rings is 1. The summed E-state index contributed by atoms with van der Waals surface area (Å²) < 4.78 is 24.4. The third-order valence-corrected chi connectivity index (χ3v) is 5.13. The van der Waals surface area contributed by atoms with Gasteiger partial charge in [0.1, 0.15) is 5.75 Å². The molecule has 0 bridgehead atoms. The van der Waals surface area contributed by atoms with E-state index in [2.05, 4.69) is 5.32 Å². The number of para-hydroxylation sites is 1. The highest BCUT2D eigenvalue weighted by Gasteiger charge is 2.24. The third kappa shape index (κ3) is 3.71. The molecule has 0 atom stereocenters. The van der Waals surface area contributed by atoms with Gasteiger partial charge in [-0.3, -0.25) is 0 Å². The number of hydrogen-bond acceptors (Lipinski definition) is 4. The number of sulfonamides is 1. The molecule has 0 saturated carbocycles. The first kappa shape index (κ1) is 15.3. The van der Waals surface area contributed by atoms with Crippen molar-refractivity contribution in [2.45, 2.75) is 32.4 Å². The molecule has 1 fully saturated rings. The summed E-state index contributed by atoms with van der Waals surface area (Å²) in [5.41, 5.74) is 1.76. The van der Waals surface area contributed by atoms with Crippen LogP contribution in [0, 0.1) is 6.92 Å². The van der Waals surface area contributed by atoms with Crippen molar-refractivity contribution in [3.63, 3.8) is 0 Å². The van der Waals surface area contributed by atoms with E-state index >= 15 is 0 Å². The summed E-state index contributed by atoms with van der Waals surface area (Å²) in [6.45, 7) is 3.62. The Balaban J connectivity index is 1.86. The van der Waals surface area contributed by atoms with Crippen LogP contribution in [0.25, 0.3) is 0 Å². The molecule has 1 aliphatic rings. The Bertz CT molecular complexity index is 564. The van der Waals surface area contributed by atoms with Gasteiger partial charge in [-0.1, -0.05) is 18.2 Å². The maximum atomic E-state index is 11.4. The zero-order chi connectivity index (χ0) is 14.8. The fraction of sp³-hybridized carbons (Fsp3) is 0.571. The van der Waals surface area contributed by atoms with E-state index in [1.807, 2.05) is 25.1 Å². The van der Waals surface area contributed by atoms with Gasteiger partial charge in [0.15, 0.2) is 0 Å². The monoisotopic (exact) mass is 298 g/mol. The number of rotatable bonds is 4. The second-order valence-electron chi connectivity index (χ2n) is 5.40. The van der Waals surface area contributed by atoms with Crippen molar-refractivity contribution < 1.29 is 13.5 Å². The van der Waals surface area contributed by atoms with Gasteiger partial charge in [0.05, 0.1) is 6.26 Å². The maximum absolute atomic E-state index is 11.4. The van der Waals surface area contributed by atoms with Gasteiger partial charge in [0.2, 0.25) is 10.0 Å². The second kappa shape index (κ2) is 6.11. The summed E-state index contributed by atoms with van der Waals surface area (Å²) in [6, 6.07) is 6.01. The molecule has 0 spiro atoms. The molecule has 20 heavy (non-hydrogen) atoms. The van der Waals surface area contributed by atoms with Crippen LogP contribution >= 0.6 is 0 Å². The number of aromatic hydroxyl groups is 1. The Hall–Kier alpha value is -1.11. The van der Waals surface area contributed by atoms with Gasteiger partial charge in [-0.05, 0) is 25.3 Å². The van der Waals surface area contributed by atoms with Crippen LogP contribution < -0.4 is 5.32 Å². The molecule has 2 N–H and O–H groups in total. The van der Waals surface area contributed by atoms with Crippen molar-refractivity contribution in [3.8, 4) is 5.75 Å². The van der Waals surface area contributed by atoms with Gasteiger partial charge >= 0.3 is 0 Å². The first-order chi connectivity index (χ1) is 9.38. The van der Waals surface area contributed by atoms with Crippen LogP contribution in [0.2, 0.25) is 0 Å². The highest BCUT2D eigenvalue weighted by atomic mass is 32.2. The molecule has 1 heterocycles. The fourth-order valence-electron chi connectivity index (χ4n) is 2.51. The van der Waals surface area contributed by atoms with Crippen LogP contribution in [0.3, 0.4) is 0 Å². The van der Waals surface area contributed by atoms with Crippen LogP contribution in [-0.4, -0.2) is 43.2 Å². The minimum absolute atomic E-state index is 0.299. The number of aryl methyl sites for hydroxylation is 1. The molecule has 0 aliphatic carbocycles. The lowest BCUT2D eigenvalue weighted by atomic mass is 10.1. The highest BCUT2D eigenvalue weighted by Crippen LogP contribution is 2.22. The van der Waals surface area contributed by atoms with E-state index in [4.69, 9.17) is 0 Å². The molecular weight excluding hydrogens is 276 g/mol. The van der Waals surface area contributed by atoms with Crippen molar-refractivity contribution in [3.05, 3.63) is 29.3 Å². The third-order valence-electron chi connectivity index (χ3n) is 3.83. The topological polar surface area (TPSA) is 69.6 Å². The van der Waals surface area contributed by atoms with E-state index in [9.17, 15) is 13.5 Å². The lowest BCUT2D eigenvalue weighted by Gasteiger charge is -2.30. The lowest BCUT2D eigenvalue weighted by Crippen LogP contribution is -2.44. The Morgan fingerprint density at radius 3 is 2.60 bits per heavy atom. The summed E-state index contributed by atoms with van der Waals surface area (Å²) in [5.74, 6) is 0.341. The predicted octanol–water partition coefficient (Wildman–Crippen LogP) is 1.21. The number of phenolic OH excluding ortho intramolecular Hbond substituents is 1. The van der Waals surface area contributed by atoms with Gasteiger partial charge in [0, 0.05) is 31.2 Å². The van der Waals surface area contributed by atoms with Crippen molar-refractivity contribution in [2.75, 3.05) is 19.3 Å². The van der Waals surface area contributed by atoms with Crippen LogP contribution in [0.15, 0.2) is 18.2 Å². The molecule has 5 nitrogen and oxygen atoms in total.